The average molecular weight is 349 g/mol. The molecule has 2 heteroatoms. The summed E-state index contributed by atoms with van der Waals surface area (Å²) in [5.74, 6) is 0. The highest BCUT2D eigenvalue weighted by atomic mass is 16.6. The van der Waals surface area contributed by atoms with Gasteiger partial charge >= 0.3 is 0 Å². The Morgan fingerprint density at radius 2 is 1.56 bits per heavy atom. The zero-order valence-electron chi connectivity index (χ0n) is 17.1. The molecule has 0 aliphatic carbocycles. The van der Waals surface area contributed by atoms with E-state index in [1.54, 1.807) is 0 Å². The average Bonchev–Trinajstić information content (AvgIpc) is 3.30. The maximum absolute atomic E-state index is 10.6. The van der Waals surface area contributed by atoms with Crippen molar-refractivity contribution in [3.05, 3.63) is 36.5 Å². The number of rotatable bonds is 12. The van der Waals surface area contributed by atoms with Crippen molar-refractivity contribution in [2.24, 2.45) is 5.41 Å². The summed E-state index contributed by atoms with van der Waals surface area (Å²) in [6.07, 6.45) is 22.1. The van der Waals surface area contributed by atoms with Crippen molar-refractivity contribution in [3.8, 4) is 0 Å². The third kappa shape index (κ3) is 10.7. The third-order valence-electron chi connectivity index (χ3n) is 4.64. The minimum Gasteiger partial charge on any atom is -0.383 e. The first kappa shape index (κ1) is 22.2. The Labute approximate surface area is 156 Å². The summed E-state index contributed by atoms with van der Waals surface area (Å²) < 4.78 is 5.70. The Kier molecular flexibility index (Phi) is 9.74. The highest BCUT2D eigenvalue weighted by Gasteiger charge is 2.49. The lowest BCUT2D eigenvalue weighted by molar-refractivity contribution is 0.0765. The quantitative estimate of drug-likeness (QED) is 0.253. The molecule has 25 heavy (non-hydrogen) atoms. The molecule has 0 aromatic rings. The molecule has 1 aliphatic heterocycles. The lowest BCUT2D eigenvalue weighted by atomic mass is 9.88. The van der Waals surface area contributed by atoms with Crippen molar-refractivity contribution >= 4 is 0 Å². The summed E-state index contributed by atoms with van der Waals surface area (Å²) in [5, 5.41) is 10.6. The number of unbranched alkanes of at least 4 members (excludes halogenated alkanes) is 3. The molecule has 1 rings (SSSR count). The molecule has 1 fully saturated rings. The molecule has 0 radical (unpaired) electrons. The molecule has 144 valence electrons. The Morgan fingerprint density at radius 3 is 2.20 bits per heavy atom. The topological polar surface area (TPSA) is 32.8 Å². The Morgan fingerprint density at radius 1 is 0.920 bits per heavy atom. The van der Waals surface area contributed by atoms with Crippen LogP contribution in [-0.4, -0.2) is 22.9 Å². The molecule has 3 unspecified atom stereocenters. The molecule has 0 amide bonds. The van der Waals surface area contributed by atoms with Crippen molar-refractivity contribution in [2.45, 2.75) is 104 Å². The largest absolute Gasteiger partial charge is 0.383 e. The summed E-state index contributed by atoms with van der Waals surface area (Å²) in [6.45, 7) is 10.8. The lowest BCUT2D eigenvalue weighted by Gasteiger charge is -2.18. The molecular formula is C23H40O2. The van der Waals surface area contributed by atoms with Gasteiger partial charge in [0.05, 0.1) is 6.10 Å². The van der Waals surface area contributed by atoms with Gasteiger partial charge in [-0.3, -0.25) is 0 Å². The summed E-state index contributed by atoms with van der Waals surface area (Å²) in [5.41, 5.74) is -0.525. The number of epoxide rings is 1. The number of ether oxygens (including phenoxy) is 1. The van der Waals surface area contributed by atoms with Crippen LogP contribution in [-0.2, 0) is 4.74 Å². The van der Waals surface area contributed by atoms with Gasteiger partial charge < -0.3 is 9.84 Å². The minimum atomic E-state index is -0.852. The van der Waals surface area contributed by atoms with E-state index in [4.69, 9.17) is 4.74 Å². The highest BCUT2D eigenvalue weighted by Crippen LogP contribution is 2.38. The highest BCUT2D eigenvalue weighted by molar-refractivity contribution is 5.12. The minimum absolute atomic E-state index is 0.0406. The van der Waals surface area contributed by atoms with Crippen LogP contribution in [0.1, 0.15) is 86.0 Å². The molecule has 0 spiro atoms. The number of hydrogen-bond donors (Lipinski definition) is 1. The van der Waals surface area contributed by atoms with Crippen molar-refractivity contribution < 1.29 is 9.84 Å². The smallest absolute Gasteiger partial charge is 0.116 e. The second-order valence-electron chi connectivity index (χ2n) is 8.73. The fraction of sp³-hybridized carbons (Fsp3) is 0.739. The molecule has 0 aromatic heterocycles. The van der Waals surface area contributed by atoms with Gasteiger partial charge in [0.25, 0.3) is 0 Å². The summed E-state index contributed by atoms with van der Waals surface area (Å²) >= 11 is 0. The van der Waals surface area contributed by atoms with E-state index < -0.39 is 5.60 Å². The molecule has 1 aliphatic rings. The fourth-order valence-corrected chi connectivity index (χ4v) is 2.93. The van der Waals surface area contributed by atoms with E-state index in [2.05, 4.69) is 52.0 Å². The van der Waals surface area contributed by atoms with E-state index in [0.717, 1.165) is 25.7 Å². The third-order valence-corrected chi connectivity index (χ3v) is 4.64. The van der Waals surface area contributed by atoms with Crippen LogP contribution in [0.5, 0.6) is 0 Å². The monoisotopic (exact) mass is 348 g/mol. The molecule has 0 bridgehead atoms. The second-order valence-corrected chi connectivity index (χ2v) is 8.73. The second kappa shape index (κ2) is 11.0. The Hall–Kier alpha value is -0.860. The predicted molar refractivity (Wildman–Crippen MR) is 109 cm³/mol. The first-order valence-electron chi connectivity index (χ1n) is 10.1. The molecule has 1 N–H and O–H groups in total. The summed E-state index contributed by atoms with van der Waals surface area (Å²) in [6, 6.07) is 0. The maximum Gasteiger partial charge on any atom is 0.116 e. The lowest BCUT2D eigenvalue weighted by Crippen LogP contribution is -2.30. The van der Waals surface area contributed by atoms with Crippen molar-refractivity contribution in [2.75, 3.05) is 0 Å². The van der Waals surface area contributed by atoms with Crippen molar-refractivity contribution in [1.82, 2.24) is 0 Å². The van der Waals surface area contributed by atoms with E-state index in [9.17, 15) is 5.11 Å². The van der Waals surface area contributed by atoms with Gasteiger partial charge in [0.1, 0.15) is 11.7 Å². The van der Waals surface area contributed by atoms with Crippen LogP contribution in [0.2, 0.25) is 0 Å². The van der Waals surface area contributed by atoms with E-state index in [1.807, 2.05) is 19.1 Å². The van der Waals surface area contributed by atoms with Gasteiger partial charge in [-0.15, -0.1) is 0 Å². The number of aliphatic hydroxyl groups is 1. The van der Waals surface area contributed by atoms with Crippen LogP contribution in [0.25, 0.3) is 0 Å². The number of allylic oxidation sites excluding steroid dienone is 5. The normalized spacial score (nSPS) is 23.8. The molecule has 0 saturated carbocycles. The van der Waals surface area contributed by atoms with Gasteiger partial charge in [0.2, 0.25) is 0 Å². The van der Waals surface area contributed by atoms with E-state index >= 15 is 0 Å². The van der Waals surface area contributed by atoms with E-state index in [-0.39, 0.29) is 12.2 Å². The maximum atomic E-state index is 10.6. The Bertz CT molecular complexity index is 437. The summed E-state index contributed by atoms with van der Waals surface area (Å²) in [4.78, 5) is 0. The SMILES string of the molecule is CCCCC/C=C\C/C=C\C/C=C\C(C)(O)C1OC1CCC(C)(C)C. The molecule has 1 heterocycles. The van der Waals surface area contributed by atoms with Crippen molar-refractivity contribution in [3.63, 3.8) is 0 Å². The van der Waals surface area contributed by atoms with Crippen LogP contribution >= 0.6 is 0 Å². The summed E-state index contributed by atoms with van der Waals surface area (Å²) in [7, 11) is 0. The van der Waals surface area contributed by atoms with Crippen molar-refractivity contribution in [1.29, 1.82) is 0 Å². The van der Waals surface area contributed by atoms with Crippen LogP contribution in [0.4, 0.5) is 0 Å². The van der Waals surface area contributed by atoms with Gasteiger partial charge in [-0.2, -0.15) is 0 Å². The molecular weight excluding hydrogens is 308 g/mol. The van der Waals surface area contributed by atoms with Crippen LogP contribution in [0.15, 0.2) is 36.5 Å². The van der Waals surface area contributed by atoms with E-state index in [0.29, 0.717) is 5.41 Å². The van der Waals surface area contributed by atoms with Gasteiger partial charge in [-0.05, 0) is 50.9 Å². The fourth-order valence-electron chi connectivity index (χ4n) is 2.93. The van der Waals surface area contributed by atoms with Crippen LogP contribution in [0.3, 0.4) is 0 Å². The van der Waals surface area contributed by atoms with Gasteiger partial charge in [0.15, 0.2) is 0 Å². The molecule has 3 atom stereocenters. The van der Waals surface area contributed by atoms with Gasteiger partial charge in [0, 0.05) is 0 Å². The predicted octanol–water partition coefficient (Wildman–Crippen LogP) is 6.36. The first-order valence-corrected chi connectivity index (χ1v) is 10.1. The molecule has 1 saturated heterocycles. The van der Waals surface area contributed by atoms with Crippen LogP contribution in [0, 0.1) is 5.41 Å². The first-order chi connectivity index (χ1) is 11.8. The van der Waals surface area contributed by atoms with Gasteiger partial charge in [-0.25, -0.2) is 0 Å². The standard InChI is InChI=1S/C23H40O2/c1-6-7-8-9-10-11-12-13-14-15-16-18-23(5,24)21-20(25-21)17-19-22(2,3)4/h10-11,13-14,16,18,20-21,24H,6-9,12,15,17,19H2,1-5H3/b11-10-,14-13-,18-16-. The Balaban J connectivity index is 2.17. The zero-order chi connectivity index (χ0) is 18.8. The van der Waals surface area contributed by atoms with E-state index in [1.165, 1.54) is 25.7 Å². The number of hydrogen-bond acceptors (Lipinski definition) is 2. The van der Waals surface area contributed by atoms with Crippen LogP contribution < -0.4 is 0 Å². The molecule has 0 aromatic carbocycles. The van der Waals surface area contributed by atoms with Gasteiger partial charge in [-0.1, -0.05) is 77.0 Å². The molecule has 2 nitrogen and oxygen atoms in total. The zero-order valence-corrected chi connectivity index (χ0v) is 17.1.